The van der Waals surface area contributed by atoms with Crippen LogP contribution in [-0.4, -0.2) is 13.6 Å². The third-order valence-electron chi connectivity index (χ3n) is 4.31. The van der Waals surface area contributed by atoms with Crippen LogP contribution < -0.4 is 5.32 Å². The number of nitrogens with one attached hydrogen (secondary N) is 1. The summed E-state index contributed by atoms with van der Waals surface area (Å²) in [6.07, 6.45) is 6.95. The fourth-order valence-corrected chi connectivity index (χ4v) is 3.57. The molecule has 18 heavy (non-hydrogen) atoms. The van der Waals surface area contributed by atoms with Gasteiger partial charge in [-0.25, -0.2) is 0 Å². The van der Waals surface area contributed by atoms with Crippen molar-refractivity contribution < 1.29 is 0 Å². The van der Waals surface area contributed by atoms with Crippen molar-refractivity contribution in [2.24, 2.45) is 11.8 Å². The molecule has 1 aromatic carbocycles. The smallest absolute Gasteiger partial charge is 0.00208 e. The topological polar surface area (TPSA) is 12.0 Å². The molecule has 1 saturated carbocycles. The summed E-state index contributed by atoms with van der Waals surface area (Å²) in [5.74, 6) is 1.76. The molecule has 0 aliphatic heterocycles. The van der Waals surface area contributed by atoms with Crippen LogP contribution in [-0.2, 0) is 6.42 Å². The monoisotopic (exact) mass is 245 g/mol. The van der Waals surface area contributed by atoms with Gasteiger partial charge in [0.1, 0.15) is 0 Å². The zero-order valence-corrected chi connectivity index (χ0v) is 12.1. The lowest BCUT2D eigenvalue weighted by atomic mass is 9.76. The number of hydrogen-bond donors (Lipinski definition) is 1. The number of hydrogen-bond acceptors (Lipinski definition) is 1. The average molecular weight is 245 g/mol. The van der Waals surface area contributed by atoms with E-state index in [2.05, 4.69) is 44.4 Å². The SMILES string of the molecule is CNCC1CCCCC1Cc1cc(C)cc(C)c1. The van der Waals surface area contributed by atoms with Crippen LogP contribution in [0.3, 0.4) is 0 Å². The molecule has 1 heteroatoms. The molecule has 2 rings (SSSR count). The molecule has 1 aromatic rings. The standard InChI is InChI=1S/C17H27N/c1-13-8-14(2)10-15(9-13)11-16-6-4-5-7-17(16)12-18-3/h8-10,16-18H,4-7,11-12H2,1-3H3. The lowest BCUT2D eigenvalue weighted by Crippen LogP contribution is -2.30. The molecule has 2 unspecified atom stereocenters. The molecule has 1 aliphatic carbocycles. The number of aryl methyl sites for hydroxylation is 2. The van der Waals surface area contributed by atoms with E-state index in [1.165, 1.54) is 49.8 Å². The summed E-state index contributed by atoms with van der Waals surface area (Å²) in [6.45, 7) is 5.61. The molecule has 0 saturated heterocycles. The first-order valence-electron chi connectivity index (χ1n) is 7.41. The maximum absolute atomic E-state index is 3.38. The largest absolute Gasteiger partial charge is 0.319 e. The van der Waals surface area contributed by atoms with Crippen LogP contribution in [0.5, 0.6) is 0 Å². The summed E-state index contributed by atoms with van der Waals surface area (Å²) in [7, 11) is 2.09. The van der Waals surface area contributed by atoms with E-state index in [0.717, 1.165) is 11.8 Å². The van der Waals surface area contributed by atoms with E-state index in [-0.39, 0.29) is 0 Å². The van der Waals surface area contributed by atoms with Crippen LogP contribution in [0.15, 0.2) is 18.2 Å². The van der Waals surface area contributed by atoms with Gasteiger partial charge in [-0.1, -0.05) is 42.2 Å². The third kappa shape index (κ3) is 3.58. The van der Waals surface area contributed by atoms with Crippen LogP contribution in [0.2, 0.25) is 0 Å². The Morgan fingerprint density at radius 3 is 2.22 bits per heavy atom. The van der Waals surface area contributed by atoms with E-state index in [1.54, 1.807) is 5.56 Å². The molecule has 0 radical (unpaired) electrons. The van der Waals surface area contributed by atoms with Gasteiger partial charge in [-0.05, 0) is 64.1 Å². The first kappa shape index (κ1) is 13.6. The van der Waals surface area contributed by atoms with Crippen LogP contribution in [0.25, 0.3) is 0 Å². The van der Waals surface area contributed by atoms with Crippen LogP contribution in [0.4, 0.5) is 0 Å². The highest BCUT2D eigenvalue weighted by atomic mass is 14.8. The fourth-order valence-electron chi connectivity index (χ4n) is 3.57. The van der Waals surface area contributed by atoms with Crippen molar-refractivity contribution in [3.63, 3.8) is 0 Å². The van der Waals surface area contributed by atoms with Crippen molar-refractivity contribution in [2.75, 3.05) is 13.6 Å². The molecule has 1 N–H and O–H groups in total. The molecule has 0 spiro atoms. The van der Waals surface area contributed by atoms with E-state index < -0.39 is 0 Å². The Bertz CT molecular complexity index is 361. The summed E-state index contributed by atoms with van der Waals surface area (Å²) < 4.78 is 0. The van der Waals surface area contributed by atoms with Gasteiger partial charge in [-0.2, -0.15) is 0 Å². The lowest BCUT2D eigenvalue weighted by molar-refractivity contribution is 0.232. The minimum atomic E-state index is 0.879. The highest BCUT2D eigenvalue weighted by Gasteiger charge is 2.24. The molecule has 1 nitrogen and oxygen atoms in total. The summed E-state index contributed by atoms with van der Waals surface area (Å²) in [5.41, 5.74) is 4.36. The molecular formula is C17H27N. The minimum Gasteiger partial charge on any atom is -0.319 e. The van der Waals surface area contributed by atoms with Gasteiger partial charge in [0.05, 0.1) is 0 Å². The van der Waals surface area contributed by atoms with Gasteiger partial charge >= 0.3 is 0 Å². The Morgan fingerprint density at radius 2 is 1.61 bits per heavy atom. The van der Waals surface area contributed by atoms with E-state index in [0.29, 0.717) is 0 Å². The Kier molecular flexibility index (Phi) is 4.82. The van der Waals surface area contributed by atoms with Crippen molar-refractivity contribution in [1.82, 2.24) is 5.32 Å². The average Bonchev–Trinajstić information content (AvgIpc) is 2.30. The quantitative estimate of drug-likeness (QED) is 0.849. The van der Waals surface area contributed by atoms with Crippen molar-refractivity contribution in [3.05, 3.63) is 34.9 Å². The van der Waals surface area contributed by atoms with Crippen molar-refractivity contribution in [1.29, 1.82) is 0 Å². The summed E-state index contributed by atoms with van der Waals surface area (Å²) >= 11 is 0. The Hall–Kier alpha value is -0.820. The van der Waals surface area contributed by atoms with Crippen molar-refractivity contribution >= 4 is 0 Å². The maximum Gasteiger partial charge on any atom is -0.00208 e. The van der Waals surface area contributed by atoms with Gasteiger partial charge in [0, 0.05) is 0 Å². The molecule has 100 valence electrons. The highest BCUT2D eigenvalue weighted by Crippen LogP contribution is 2.32. The second-order valence-electron chi connectivity index (χ2n) is 6.06. The van der Waals surface area contributed by atoms with Gasteiger partial charge in [0.25, 0.3) is 0 Å². The van der Waals surface area contributed by atoms with Crippen LogP contribution in [0, 0.1) is 25.7 Å². The van der Waals surface area contributed by atoms with E-state index in [1.807, 2.05) is 0 Å². The zero-order chi connectivity index (χ0) is 13.0. The summed E-state index contributed by atoms with van der Waals surface area (Å²) in [4.78, 5) is 0. The minimum absolute atomic E-state index is 0.879. The Morgan fingerprint density at radius 1 is 1.00 bits per heavy atom. The first-order chi connectivity index (χ1) is 8.69. The van der Waals surface area contributed by atoms with Gasteiger partial charge in [-0.15, -0.1) is 0 Å². The molecular weight excluding hydrogens is 218 g/mol. The van der Waals surface area contributed by atoms with Gasteiger partial charge in [0.15, 0.2) is 0 Å². The van der Waals surface area contributed by atoms with E-state index >= 15 is 0 Å². The predicted molar refractivity (Wildman–Crippen MR) is 79.0 cm³/mol. The summed E-state index contributed by atoms with van der Waals surface area (Å²) in [6, 6.07) is 7.02. The predicted octanol–water partition coefficient (Wildman–Crippen LogP) is 3.87. The second kappa shape index (κ2) is 6.38. The second-order valence-corrected chi connectivity index (χ2v) is 6.06. The molecule has 1 aliphatic rings. The maximum atomic E-state index is 3.38. The highest BCUT2D eigenvalue weighted by molar-refractivity contribution is 5.28. The Balaban J connectivity index is 2.05. The van der Waals surface area contributed by atoms with Crippen LogP contribution >= 0.6 is 0 Å². The molecule has 0 bridgehead atoms. The molecule has 0 heterocycles. The van der Waals surface area contributed by atoms with E-state index in [9.17, 15) is 0 Å². The van der Waals surface area contributed by atoms with Crippen molar-refractivity contribution in [2.45, 2.75) is 46.0 Å². The number of rotatable bonds is 4. The van der Waals surface area contributed by atoms with Crippen LogP contribution in [0.1, 0.15) is 42.4 Å². The third-order valence-corrected chi connectivity index (χ3v) is 4.31. The molecule has 2 atom stereocenters. The zero-order valence-electron chi connectivity index (χ0n) is 12.1. The molecule has 0 aromatic heterocycles. The van der Waals surface area contributed by atoms with E-state index in [4.69, 9.17) is 0 Å². The van der Waals surface area contributed by atoms with Gasteiger partial charge in [0.2, 0.25) is 0 Å². The first-order valence-corrected chi connectivity index (χ1v) is 7.41. The van der Waals surface area contributed by atoms with Gasteiger partial charge < -0.3 is 5.32 Å². The molecule has 0 amide bonds. The Labute approximate surface area is 112 Å². The summed E-state index contributed by atoms with van der Waals surface area (Å²) in [5, 5.41) is 3.38. The fraction of sp³-hybridized carbons (Fsp3) is 0.647. The number of benzene rings is 1. The normalized spacial score (nSPS) is 24.2. The molecule has 1 fully saturated rings. The van der Waals surface area contributed by atoms with Crippen molar-refractivity contribution in [3.8, 4) is 0 Å². The lowest BCUT2D eigenvalue weighted by Gasteiger charge is -2.31. The van der Waals surface area contributed by atoms with Gasteiger partial charge in [-0.3, -0.25) is 0 Å².